The zero-order valence-corrected chi connectivity index (χ0v) is 12.6. The largest absolute Gasteiger partial charge is 0.357 e. The van der Waals surface area contributed by atoms with Gasteiger partial charge in [-0.25, -0.2) is 0 Å². The van der Waals surface area contributed by atoms with Crippen molar-refractivity contribution >= 4 is 0 Å². The molecule has 3 nitrogen and oxygen atoms in total. The minimum Gasteiger partial charge on any atom is -0.357 e. The van der Waals surface area contributed by atoms with E-state index in [1.165, 1.54) is 5.56 Å². The molecular weight excluding hydrogens is 262 g/mol. The van der Waals surface area contributed by atoms with Crippen LogP contribution in [0.25, 0.3) is 0 Å². The van der Waals surface area contributed by atoms with Crippen LogP contribution in [0.5, 0.6) is 0 Å². The van der Waals surface area contributed by atoms with Crippen molar-refractivity contribution in [3.8, 4) is 0 Å². The highest BCUT2D eigenvalue weighted by molar-refractivity contribution is 5.22. The van der Waals surface area contributed by atoms with E-state index in [1.807, 2.05) is 48.5 Å². The molecule has 0 amide bonds. The number of quaternary nitrogens is 1. The van der Waals surface area contributed by atoms with Crippen LogP contribution in [0.1, 0.15) is 17.2 Å². The van der Waals surface area contributed by atoms with E-state index in [0.717, 1.165) is 5.56 Å². The van der Waals surface area contributed by atoms with Crippen molar-refractivity contribution in [1.82, 2.24) is 0 Å². The van der Waals surface area contributed by atoms with Gasteiger partial charge in [0, 0.05) is 11.1 Å². The van der Waals surface area contributed by atoms with Gasteiger partial charge in [-0.15, -0.1) is 0 Å². The number of rotatable bonds is 2. The van der Waals surface area contributed by atoms with Crippen LogP contribution in [-0.2, 0) is 10.5 Å². The number of nitrogens with zero attached hydrogens (tertiary/aromatic N) is 1. The summed E-state index contributed by atoms with van der Waals surface area (Å²) >= 11 is 0. The number of likely N-dealkylation sites (N-methyl/N-ethyl adjacent to an activating group) is 1. The Morgan fingerprint density at radius 1 is 1.00 bits per heavy atom. The molecular formula is C18H22NO2+. The van der Waals surface area contributed by atoms with Crippen LogP contribution in [0.2, 0.25) is 0 Å². The summed E-state index contributed by atoms with van der Waals surface area (Å²) in [6, 6.07) is 20.2. The maximum atomic E-state index is 10.9. The normalized spacial score (nSPS) is 28.2. The fraction of sp³-hybridized carbons (Fsp3) is 0.333. The molecule has 1 N–H and O–H groups in total. The minimum atomic E-state index is -1.21. The Hall–Kier alpha value is -1.68. The summed E-state index contributed by atoms with van der Waals surface area (Å²) in [7, 11) is 4.29. The van der Waals surface area contributed by atoms with Crippen LogP contribution in [0, 0.1) is 0 Å². The lowest BCUT2D eigenvalue weighted by molar-refractivity contribution is -0.943. The molecule has 0 saturated carbocycles. The summed E-state index contributed by atoms with van der Waals surface area (Å²) in [5, 5.41) is 10.9. The van der Waals surface area contributed by atoms with Crippen LogP contribution in [-0.4, -0.2) is 36.8 Å². The van der Waals surface area contributed by atoms with Gasteiger partial charge in [0.1, 0.15) is 19.2 Å². The van der Waals surface area contributed by atoms with Crippen molar-refractivity contribution in [3.05, 3.63) is 71.8 Å². The molecule has 1 fully saturated rings. The number of hydrogen-bond acceptors (Lipinski definition) is 2. The molecule has 0 bridgehead atoms. The molecule has 2 aromatic carbocycles. The second-order valence-electron chi connectivity index (χ2n) is 6.32. The van der Waals surface area contributed by atoms with Gasteiger partial charge in [0.05, 0.1) is 14.1 Å². The lowest BCUT2D eigenvalue weighted by atomic mass is 9.97. The number of ether oxygens (including phenoxy) is 1. The fourth-order valence-electron chi connectivity index (χ4n) is 3.17. The predicted molar refractivity (Wildman–Crippen MR) is 82.4 cm³/mol. The minimum absolute atomic E-state index is 0.232. The van der Waals surface area contributed by atoms with Gasteiger partial charge in [0.15, 0.2) is 0 Å². The summed E-state index contributed by atoms with van der Waals surface area (Å²) < 4.78 is 6.58. The van der Waals surface area contributed by atoms with Crippen LogP contribution >= 0.6 is 0 Å². The molecule has 1 heterocycles. The molecule has 0 radical (unpaired) electrons. The van der Waals surface area contributed by atoms with Crippen molar-refractivity contribution < 1.29 is 14.3 Å². The first-order valence-corrected chi connectivity index (χ1v) is 7.31. The molecule has 0 aromatic heterocycles. The molecule has 2 atom stereocenters. The smallest absolute Gasteiger partial charge is 0.243 e. The van der Waals surface area contributed by atoms with E-state index in [1.54, 1.807) is 0 Å². The maximum absolute atomic E-state index is 10.9. The average molecular weight is 284 g/mol. The van der Waals surface area contributed by atoms with E-state index >= 15 is 0 Å². The van der Waals surface area contributed by atoms with Gasteiger partial charge in [0.25, 0.3) is 0 Å². The van der Waals surface area contributed by atoms with Crippen molar-refractivity contribution in [1.29, 1.82) is 0 Å². The Morgan fingerprint density at radius 2 is 1.57 bits per heavy atom. The molecule has 1 aliphatic heterocycles. The lowest BCUT2D eigenvalue weighted by Gasteiger charge is -2.48. The molecule has 0 unspecified atom stereocenters. The Labute approximate surface area is 126 Å². The highest BCUT2D eigenvalue weighted by Crippen LogP contribution is 2.38. The van der Waals surface area contributed by atoms with E-state index in [-0.39, 0.29) is 6.04 Å². The van der Waals surface area contributed by atoms with Gasteiger partial charge in [-0.1, -0.05) is 60.7 Å². The van der Waals surface area contributed by atoms with E-state index in [9.17, 15) is 5.11 Å². The molecule has 1 saturated heterocycles. The number of hydrogen-bond donors (Lipinski definition) is 1. The second-order valence-corrected chi connectivity index (χ2v) is 6.32. The predicted octanol–water partition coefficient (Wildman–Crippen LogP) is 2.68. The third kappa shape index (κ3) is 2.72. The zero-order chi connectivity index (χ0) is 14.9. The van der Waals surface area contributed by atoms with Gasteiger partial charge in [-0.3, -0.25) is 0 Å². The third-order valence-electron chi connectivity index (χ3n) is 4.35. The van der Waals surface area contributed by atoms with Crippen LogP contribution in [0.3, 0.4) is 0 Å². The average Bonchev–Trinajstić information content (AvgIpc) is 2.48. The van der Waals surface area contributed by atoms with E-state index < -0.39 is 5.79 Å². The van der Waals surface area contributed by atoms with E-state index in [4.69, 9.17) is 4.74 Å². The highest BCUT2D eigenvalue weighted by atomic mass is 16.6. The first kappa shape index (κ1) is 14.3. The summed E-state index contributed by atoms with van der Waals surface area (Å²) in [6.07, 6.45) is 0. The quantitative estimate of drug-likeness (QED) is 0.859. The Morgan fingerprint density at radius 3 is 2.14 bits per heavy atom. The zero-order valence-electron chi connectivity index (χ0n) is 12.6. The topological polar surface area (TPSA) is 29.5 Å². The van der Waals surface area contributed by atoms with E-state index in [2.05, 4.69) is 26.2 Å². The molecule has 1 aliphatic rings. The van der Waals surface area contributed by atoms with Crippen molar-refractivity contribution in [2.45, 2.75) is 11.8 Å². The summed E-state index contributed by atoms with van der Waals surface area (Å²) in [5.41, 5.74) is 2.07. The maximum Gasteiger partial charge on any atom is 0.243 e. The Bertz CT molecular complexity index is 597. The first-order valence-electron chi connectivity index (χ1n) is 7.31. The van der Waals surface area contributed by atoms with Gasteiger partial charge < -0.3 is 14.3 Å². The van der Waals surface area contributed by atoms with Gasteiger partial charge in [0.2, 0.25) is 5.79 Å². The van der Waals surface area contributed by atoms with E-state index in [0.29, 0.717) is 17.6 Å². The monoisotopic (exact) mass is 284 g/mol. The standard InChI is InChI=1S/C18H22NO2/c1-19(2)14-18(20,16-11-7-4-8-12-16)21-13-17(19)15-9-5-3-6-10-15/h3-12,17,20H,13-14H2,1-2H3/q+1/t17-,18+/m0/s1. The number of aliphatic hydroxyl groups is 1. The van der Waals surface area contributed by atoms with Gasteiger partial charge in [-0.05, 0) is 0 Å². The SMILES string of the molecule is C[N+]1(C)C[C@](O)(c2ccccc2)OC[C@H]1c1ccccc1. The van der Waals surface area contributed by atoms with Gasteiger partial charge >= 0.3 is 0 Å². The first-order chi connectivity index (χ1) is 10.0. The molecule has 0 aliphatic carbocycles. The number of benzene rings is 2. The Kier molecular flexibility index (Phi) is 3.57. The highest BCUT2D eigenvalue weighted by Gasteiger charge is 2.47. The third-order valence-corrected chi connectivity index (χ3v) is 4.35. The second kappa shape index (κ2) is 5.26. The molecule has 3 rings (SSSR count). The van der Waals surface area contributed by atoms with Crippen molar-refractivity contribution in [2.24, 2.45) is 0 Å². The summed E-state index contributed by atoms with van der Waals surface area (Å²) in [4.78, 5) is 0. The van der Waals surface area contributed by atoms with Crippen LogP contribution < -0.4 is 0 Å². The van der Waals surface area contributed by atoms with Crippen LogP contribution in [0.4, 0.5) is 0 Å². The van der Waals surface area contributed by atoms with Gasteiger partial charge in [-0.2, -0.15) is 0 Å². The number of morpholine rings is 1. The summed E-state index contributed by atoms with van der Waals surface area (Å²) in [6.45, 7) is 1.03. The molecule has 2 aromatic rings. The molecule has 21 heavy (non-hydrogen) atoms. The molecule has 0 spiro atoms. The summed E-state index contributed by atoms with van der Waals surface area (Å²) in [5.74, 6) is -1.21. The molecule has 110 valence electrons. The lowest BCUT2D eigenvalue weighted by Crippen LogP contribution is -2.59. The molecule has 3 heteroatoms. The van der Waals surface area contributed by atoms with Crippen molar-refractivity contribution in [3.63, 3.8) is 0 Å². The fourth-order valence-corrected chi connectivity index (χ4v) is 3.17. The van der Waals surface area contributed by atoms with Crippen LogP contribution in [0.15, 0.2) is 60.7 Å². The Balaban J connectivity index is 1.88. The van der Waals surface area contributed by atoms with Crippen molar-refractivity contribution in [2.75, 3.05) is 27.2 Å².